The lowest BCUT2D eigenvalue weighted by atomic mass is 10.1. The van der Waals surface area contributed by atoms with Gasteiger partial charge in [-0.2, -0.15) is 0 Å². The average molecular weight is 298 g/mol. The quantitative estimate of drug-likeness (QED) is 0.673. The maximum absolute atomic E-state index is 13.8. The number of benzene rings is 1. The van der Waals surface area contributed by atoms with Crippen molar-refractivity contribution in [3.05, 3.63) is 29.6 Å². The molecule has 0 aromatic heterocycles. The van der Waals surface area contributed by atoms with Crippen LogP contribution in [-0.4, -0.2) is 38.8 Å². The monoisotopic (exact) mass is 298 g/mol. The molecule has 0 heterocycles. The van der Waals surface area contributed by atoms with Crippen molar-refractivity contribution in [2.75, 3.05) is 26.8 Å². The lowest BCUT2D eigenvalue weighted by Crippen LogP contribution is -2.37. The Morgan fingerprint density at radius 3 is 2.86 bits per heavy atom. The standard InChI is InChI=1S/C15H23FN2O3/c1-11(15(19)18-8-3-9-20-2)21-14-5-4-12(6-7-17)10-13(14)16/h4-5,10-11H,3,6-9,17H2,1-2H3,(H,18,19). The molecule has 0 bridgehead atoms. The summed E-state index contributed by atoms with van der Waals surface area (Å²) in [6, 6.07) is 4.65. The molecular weight excluding hydrogens is 275 g/mol. The smallest absolute Gasteiger partial charge is 0.260 e. The van der Waals surface area contributed by atoms with Crippen molar-refractivity contribution in [1.29, 1.82) is 0 Å². The van der Waals surface area contributed by atoms with E-state index >= 15 is 0 Å². The van der Waals surface area contributed by atoms with Gasteiger partial charge in [0.25, 0.3) is 5.91 Å². The predicted octanol–water partition coefficient (Wildman–Crippen LogP) is 1.25. The van der Waals surface area contributed by atoms with Gasteiger partial charge in [-0.25, -0.2) is 4.39 Å². The fourth-order valence-corrected chi connectivity index (χ4v) is 1.78. The van der Waals surface area contributed by atoms with Gasteiger partial charge in [0, 0.05) is 20.3 Å². The van der Waals surface area contributed by atoms with E-state index in [9.17, 15) is 9.18 Å². The molecule has 0 radical (unpaired) electrons. The number of hydrogen-bond donors (Lipinski definition) is 2. The molecular formula is C15H23FN2O3. The Bertz CT molecular complexity index is 455. The highest BCUT2D eigenvalue weighted by Crippen LogP contribution is 2.19. The summed E-state index contributed by atoms with van der Waals surface area (Å²) in [5.41, 5.74) is 6.23. The number of carbonyl (C=O) groups excluding carboxylic acids is 1. The molecule has 1 rings (SSSR count). The van der Waals surface area contributed by atoms with E-state index in [1.807, 2.05) is 0 Å². The topological polar surface area (TPSA) is 73.6 Å². The number of nitrogens with one attached hydrogen (secondary N) is 1. The molecule has 0 aliphatic carbocycles. The van der Waals surface area contributed by atoms with E-state index in [4.69, 9.17) is 15.2 Å². The van der Waals surface area contributed by atoms with Gasteiger partial charge >= 0.3 is 0 Å². The molecule has 118 valence electrons. The average Bonchev–Trinajstić information content (AvgIpc) is 2.46. The van der Waals surface area contributed by atoms with Crippen LogP contribution in [0, 0.1) is 5.82 Å². The zero-order chi connectivity index (χ0) is 15.7. The minimum Gasteiger partial charge on any atom is -0.478 e. The minimum atomic E-state index is -0.762. The molecule has 1 aromatic carbocycles. The number of rotatable bonds is 9. The van der Waals surface area contributed by atoms with Crippen LogP contribution in [0.3, 0.4) is 0 Å². The molecule has 1 aromatic rings. The van der Waals surface area contributed by atoms with Crippen LogP contribution in [0.4, 0.5) is 4.39 Å². The number of ether oxygens (including phenoxy) is 2. The first-order valence-electron chi connectivity index (χ1n) is 7.00. The Hall–Kier alpha value is -1.66. The van der Waals surface area contributed by atoms with Crippen LogP contribution in [0.1, 0.15) is 18.9 Å². The van der Waals surface area contributed by atoms with Crippen molar-refractivity contribution in [2.45, 2.75) is 25.9 Å². The van der Waals surface area contributed by atoms with Crippen LogP contribution in [0.5, 0.6) is 5.75 Å². The molecule has 3 N–H and O–H groups in total. The molecule has 0 saturated heterocycles. The van der Waals surface area contributed by atoms with Crippen LogP contribution in [0.15, 0.2) is 18.2 Å². The maximum Gasteiger partial charge on any atom is 0.260 e. The van der Waals surface area contributed by atoms with Crippen LogP contribution in [0.25, 0.3) is 0 Å². The SMILES string of the molecule is COCCCNC(=O)C(C)Oc1ccc(CCN)cc1F. The fraction of sp³-hybridized carbons (Fsp3) is 0.533. The van der Waals surface area contributed by atoms with Crippen LogP contribution < -0.4 is 15.8 Å². The molecule has 5 nitrogen and oxygen atoms in total. The molecule has 1 atom stereocenters. The van der Waals surface area contributed by atoms with Crippen molar-refractivity contribution in [2.24, 2.45) is 5.73 Å². The number of hydrogen-bond acceptors (Lipinski definition) is 4. The van der Waals surface area contributed by atoms with Gasteiger partial charge in [0.2, 0.25) is 0 Å². The first kappa shape index (κ1) is 17.4. The van der Waals surface area contributed by atoms with E-state index in [1.54, 1.807) is 20.1 Å². The van der Waals surface area contributed by atoms with Crippen molar-refractivity contribution >= 4 is 5.91 Å². The first-order chi connectivity index (χ1) is 10.1. The maximum atomic E-state index is 13.8. The molecule has 0 spiro atoms. The van der Waals surface area contributed by atoms with E-state index in [1.165, 1.54) is 12.1 Å². The third-order valence-electron chi connectivity index (χ3n) is 2.93. The first-order valence-corrected chi connectivity index (χ1v) is 7.00. The molecule has 0 saturated carbocycles. The van der Waals surface area contributed by atoms with E-state index < -0.39 is 11.9 Å². The largest absolute Gasteiger partial charge is 0.478 e. The Labute approximate surface area is 124 Å². The summed E-state index contributed by atoms with van der Waals surface area (Å²) < 4.78 is 24.1. The van der Waals surface area contributed by atoms with Gasteiger partial charge < -0.3 is 20.5 Å². The van der Waals surface area contributed by atoms with Gasteiger partial charge in [-0.05, 0) is 44.0 Å². The van der Waals surface area contributed by atoms with Crippen LogP contribution in [-0.2, 0) is 16.0 Å². The van der Waals surface area contributed by atoms with Gasteiger partial charge in [0.15, 0.2) is 17.7 Å². The third kappa shape index (κ3) is 6.10. The van der Waals surface area contributed by atoms with Gasteiger partial charge in [0.1, 0.15) is 0 Å². The second-order valence-electron chi connectivity index (χ2n) is 4.70. The Kier molecular flexibility index (Phi) is 7.71. The number of methoxy groups -OCH3 is 1. The normalized spacial score (nSPS) is 12.0. The molecule has 1 unspecified atom stereocenters. The Balaban J connectivity index is 2.50. The van der Waals surface area contributed by atoms with E-state index in [-0.39, 0.29) is 11.7 Å². The summed E-state index contributed by atoms with van der Waals surface area (Å²) >= 11 is 0. The van der Waals surface area contributed by atoms with Crippen molar-refractivity contribution in [1.82, 2.24) is 5.32 Å². The highest BCUT2D eigenvalue weighted by molar-refractivity contribution is 5.80. The molecule has 1 amide bonds. The van der Waals surface area contributed by atoms with E-state index in [0.29, 0.717) is 26.1 Å². The molecule has 0 fully saturated rings. The fourth-order valence-electron chi connectivity index (χ4n) is 1.78. The van der Waals surface area contributed by atoms with E-state index in [0.717, 1.165) is 12.0 Å². The summed E-state index contributed by atoms with van der Waals surface area (Å²) in [6.07, 6.45) is 0.562. The highest BCUT2D eigenvalue weighted by Gasteiger charge is 2.16. The summed E-state index contributed by atoms with van der Waals surface area (Å²) in [4.78, 5) is 11.8. The predicted molar refractivity (Wildman–Crippen MR) is 78.8 cm³/mol. The lowest BCUT2D eigenvalue weighted by molar-refractivity contribution is -0.127. The summed E-state index contributed by atoms with van der Waals surface area (Å²) in [5.74, 6) is -0.702. The van der Waals surface area contributed by atoms with Gasteiger partial charge in [-0.15, -0.1) is 0 Å². The van der Waals surface area contributed by atoms with Crippen LogP contribution in [0.2, 0.25) is 0 Å². The Morgan fingerprint density at radius 2 is 2.24 bits per heavy atom. The highest BCUT2D eigenvalue weighted by atomic mass is 19.1. The minimum absolute atomic E-state index is 0.0651. The summed E-state index contributed by atoms with van der Waals surface area (Å²) in [7, 11) is 1.60. The van der Waals surface area contributed by atoms with Crippen LogP contribution >= 0.6 is 0 Å². The third-order valence-corrected chi connectivity index (χ3v) is 2.93. The number of carbonyl (C=O) groups is 1. The molecule has 6 heteroatoms. The zero-order valence-electron chi connectivity index (χ0n) is 12.5. The zero-order valence-corrected chi connectivity index (χ0v) is 12.5. The second-order valence-corrected chi connectivity index (χ2v) is 4.70. The van der Waals surface area contributed by atoms with Gasteiger partial charge in [0.05, 0.1) is 0 Å². The Morgan fingerprint density at radius 1 is 1.48 bits per heavy atom. The molecule has 0 aliphatic rings. The lowest BCUT2D eigenvalue weighted by Gasteiger charge is -2.15. The molecule has 21 heavy (non-hydrogen) atoms. The van der Waals surface area contributed by atoms with Crippen molar-refractivity contribution in [3.8, 4) is 5.75 Å². The number of halogens is 1. The van der Waals surface area contributed by atoms with Gasteiger partial charge in [-0.3, -0.25) is 4.79 Å². The number of amides is 1. The second kappa shape index (κ2) is 9.31. The summed E-state index contributed by atoms with van der Waals surface area (Å²) in [6.45, 7) is 3.11. The molecule has 0 aliphatic heterocycles. The number of nitrogens with two attached hydrogens (primary N) is 1. The van der Waals surface area contributed by atoms with Gasteiger partial charge in [-0.1, -0.05) is 6.07 Å². The van der Waals surface area contributed by atoms with E-state index in [2.05, 4.69) is 5.32 Å². The summed E-state index contributed by atoms with van der Waals surface area (Å²) in [5, 5.41) is 2.71. The van der Waals surface area contributed by atoms with Crippen molar-refractivity contribution < 1.29 is 18.7 Å². The van der Waals surface area contributed by atoms with Crippen molar-refractivity contribution in [3.63, 3.8) is 0 Å².